The number of hydrogen-bond donors (Lipinski definition) is 1. The third kappa shape index (κ3) is 3.07. The van der Waals surface area contributed by atoms with Gasteiger partial charge in [-0.1, -0.05) is 24.4 Å². The zero-order valence-electron chi connectivity index (χ0n) is 13.6. The molecule has 1 saturated heterocycles. The van der Waals surface area contributed by atoms with E-state index in [2.05, 4.69) is 5.32 Å². The molecule has 24 heavy (non-hydrogen) atoms. The van der Waals surface area contributed by atoms with Crippen LogP contribution in [-0.2, 0) is 14.6 Å². The molecular formula is C17H23ClN2O3S. The summed E-state index contributed by atoms with van der Waals surface area (Å²) in [5, 5.41) is 3.74. The highest BCUT2D eigenvalue weighted by Gasteiger charge is 2.54. The number of amides is 1. The Morgan fingerprint density at radius 3 is 2.38 bits per heavy atom. The second-order valence-electron chi connectivity index (χ2n) is 6.55. The Hall–Kier alpha value is -1.11. The van der Waals surface area contributed by atoms with Crippen molar-refractivity contribution in [3.05, 3.63) is 29.3 Å². The van der Waals surface area contributed by atoms with Crippen molar-refractivity contribution in [2.24, 2.45) is 0 Å². The number of nitrogens with one attached hydrogen (secondary N) is 1. The summed E-state index contributed by atoms with van der Waals surface area (Å²) in [5.41, 5.74) is 0. The number of sulfone groups is 1. The maximum atomic E-state index is 13.3. The fourth-order valence-electron chi connectivity index (χ4n) is 3.72. The Morgan fingerprint density at radius 2 is 1.71 bits per heavy atom. The van der Waals surface area contributed by atoms with Crippen LogP contribution < -0.4 is 5.32 Å². The lowest BCUT2D eigenvalue weighted by atomic mass is 10.1. The number of carbonyl (C=O) groups is 1. The molecule has 1 amide bonds. The highest BCUT2D eigenvalue weighted by Crippen LogP contribution is 2.42. The summed E-state index contributed by atoms with van der Waals surface area (Å²) in [7, 11) is -3.75. The Bertz CT molecular complexity index is 689. The van der Waals surface area contributed by atoms with Gasteiger partial charge in [-0.25, -0.2) is 8.42 Å². The summed E-state index contributed by atoms with van der Waals surface area (Å²) in [5.74, 6) is -0.223. The van der Waals surface area contributed by atoms with Gasteiger partial charge >= 0.3 is 0 Å². The number of nitrogens with zero attached hydrogens (tertiary/aromatic N) is 1. The lowest BCUT2D eigenvalue weighted by Gasteiger charge is -2.33. The molecule has 0 aromatic heterocycles. The Labute approximate surface area is 148 Å². The maximum Gasteiger partial charge on any atom is 0.244 e. The normalized spacial score (nSPS) is 21.5. The summed E-state index contributed by atoms with van der Waals surface area (Å²) in [6.45, 7) is 2.75. The summed E-state index contributed by atoms with van der Waals surface area (Å²) in [6.07, 6.45) is 3.19. The average molecular weight is 371 g/mol. The van der Waals surface area contributed by atoms with Crippen LogP contribution >= 0.6 is 11.6 Å². The summed E-state index contributed by atoms with van der Waals surface area (Å²) in [6, 6.07) is 6.15. The van der Waals surface area contributed by atoms with Gasteiger partial charge < -0.3 is 10.2 Å². The molecule has 0 atom stereocenters. The van der Waals surface area contributed by atoms with E-state index in [1.165, 1.54) is 12.1 Å². The summed E-state index contributed by atoms with van der Waals surface area (Å²) < 4.78 is 25.3. The zero-order chi connectivity index (χ0) is 17.2. The van der Waals surface area contributed by atoms with Crippen molar-refractivity contribution in [2.45, 2.75) is 41.7 Å². The topological polar surface area (TPSA) is 66.5 Å². The van der Waals surface area contributed by atoms with E-state index in [4.69, 9.17) is 11.6 Å². The molecular weight excluding hydrogens is 348 g/mol. The fourth-order valence-corrected chi connectivity index (χ4v) is 5.98. The lowest BCUT2D eigenvalue weighted by molar-refractivity contribution is -0.133. The molecule has 1 aliphatic carbocycles. The molecule has 2 aliphatic rings. The Kier molecular flexibility index (Phi) is 5.18. The number of rotatable bonds is 3. The molecule has 2 fully saturated rings. The first-order valence-corrected chi connectivity index (χ1v) is 10.3. The first-order valence-electron chi connectivity index (χ1n) is 8.48. The maximum absolute atomic E-state index is 13.3. The van der Waals surface area contributed by atoms with Gasteiger partial charge in [0.25, 0.3) is 0 Å². The molecule has 1 heterocycles. The van der Waals surface area contributed by atoms with E-state index in [1.807, 2.05) is 0 Å². The van der Waals surface area contributed by atoms with Gasteiger partial charge in [0, 0.05) is 24.7 Å². The SMILES string of the molecule is O=C(N1CCCNCC1)C1(S(=O)(=O)c2ccc(Cl)cc2)CCCC1. The third-order valence-corrected chi connectivity index (χ3v) is 7.82. The predicted molar refractivity (Wildman–Crippen MR) is 93.9 cm³/mol. The van der Waals surface area contributed by atoms with Crippen molar-refractivity contribution < 1.29 is 13.2 Å². The molecule has 1 saturated carbocycles. The van der Waals surface area contributed by atoms with Crippen molar-refractivity contribution in [2.75, 3.05) is 26.2 Å². The second-order valence-corrected chi connectivity index (χ2v) is 9.25. The number of halogens is 1. The van der Waals surface area contributed by atoms with Gasteiger partial charge in [0.15, 0.2) is 14.6 Å². The molecule has 1 aromatic carbocycles. The first-order chi connectivity index (χ1) is 11.5. The van der Waals surface area contributed by atoms with Crippen molar-refractivity contribution in [1.29, 1.82) is 0 Å². The second kappa shape index (κ2) is 7.02. The fraction of sp³-hybridized carbons (Fsp3) is 0.588. The summed E-state index contributed by atoms with van der Waals surface area (Å²) in [4.78, 5) is 15.2. The summed E-state index contributed by atoms with van der Waals surface area (Å²) >= 11 is 5.88. The van der Waals surface area contributed by atoms with E-state index in [0.29, 0.717) is 37.5 Å². The Balaban J connectivity index is 1.98. The van der Waals surface area contributed by atoms with E-state index in [-0.39, 0.29) is 10.8 Å². The average Bonchev–Trinajstić information content (AvgIpc) is 2.93. The largest absolute Gasteiger partial charge is 0.340 e. The van der Waals surface area contributed by atoms with E-state index in [1.54, 1.807) is 17.0 Å². The van der Waals surface area contributed by atoms with Crippen LogP contribution in [0.3, 0.4) is 0 Å². The molecule has 0 radical (unpaired) electrons. The van der Waals surface area contributed by atoms with Gasteiger partial charge in [0.1, 0.15) is 0 Å². The van der Waals surface area contributed by atoms with Gasteiger partial charge in [0.05, 0.1) is 4.90 Å². The van der Waals surface area contributed by atoms with Crippen LogP contribution in [-0.4, -0.2) is 50.2 Å². The van der Waals surface area contributed by atoms with Gasteiger partial charge in [-0.05, 0) is 50.1 Å². The molecule has 7 heteroatoms. The van der Waals surface area contributed by atoms with Crippen LogP contribution in [0.15, 0.2) is 29.2 Å². The molecule has 1 N–H and O–H groups in total. The minimum Gasteiger partial charge on any atom is -0.340 e. The molecule has 3 rings (SSSR count). The quantitative estimate of drug-likeness (QED) is 0.886. The van der Waals surface area contributed by atoms with E-state index in [9.17, 15) is 13.2 Å². The highest BCUT2D eigenvalue weighted by molar-refractivity contribution is 7.93. The molecule has 1 aromatic rings. The van der Waals surface area contributed by atoms with Gasteiger partial charge in [0.2, 0.25) is 5.91 Å². The van der Waals surface area contributed by atoms with Crippen molar-refractivity contribution in [1.82, 2.24) is 10.2 Å². The van der Waals surface area contributed by atoms with Crippen molar-refractivity contribution in [3.8, 4) is 0 Å². The molecule has 132 valence electrons. The standard InChI is InChI=1S/C17H23ClN2O3S/c18-14-4-6-15(7-5-14)24(22,23)17(8-1-2-9-17)16(21)20-12-3-10-19-11-13-20/h4-7,19H,1-3,8-13H2. The molecule has 5 nitrogen and oxygen atoms in total. The number of hydrogen-bond acceptors (Lipinski definition) is 4. The van der Waals surface area contributed by atoms with Crippen molar-refractivity contribution >= 4 is 27.3 Å². The third-order valence-electron chi connectivity index (χ3n) is 5.07. The minimum absolute atomic E-state index is 0.190. The number of benzene rings is 1. The smallest absolute Gasteiger partial charge is 0.244 e. The van der Waals surface area contributed by atoms with Crippen LogP contribution in [0, 0.1) is 0 Å². The molecule has 1 aliphatic heterocycles. The van der Waals surface area contributed by atoms with Crippen LogP contribution in [0.25, 0.3) is 0 Å². The molecule has 0 spiro atoms. The molecule has 0 bridgehead atoms. The lowest BCUT2D eigenvalue weighted by Crippen LogP contribution is -2.53. The van der Waals surface area contributed by atoms with Crippen LogP contribution in [0.5, 0.6) is 0 Å². The van der Waals surface area contributed by atoms with Crippen LogP contribution in [0.1, 0.15) is 32.1 Å². The monoisotopic (exact) mass is 370 g/mol. The Morgan fingerprint density at radius 1 is 1.04 bits per heavy atom. The van der Waals surface area contributed by atoms with Gasteiger partial charge in [-0.2, -0.15) is 0 Å². The number of carbonyl (C=O) groups excluding carboxylic acids is 1. The van der Waals surface area contributed by atoms with E-state index < -0.39 is 14.6 Å². The van der Waals surface area contributed by atoms with E-state index >= 15 is 0 Å². The van der Waals surface area contributed by atoms with E-state index in [0.717, 1.165) is 25.8 Å². The minimum atomic E-state index is -3.75. The first kappa shape index (κ1) is 17.7. The zero-order valence-corrected chi connectivity index (χ0v) is 15.2. The molecule has 0 unspecified atom stereocenters. The van der Waals surface area contributed by atoms with Crippen LogP contribution in [0.4, 0.5) is 0 Å². The van der Waals surface area contributed by atoms with Crippen LogP contribution in [0.2, 0.25) is 5.02 Å². The van der Waals surface area contributed by atoms with Gasteiger partial charge in [-0.15, -0.1) is 0 Å². The predicted octanol–water partition coefficient (Wildman–Crippen LogP) is 2.25. The van der Waals surface area contributed by atoms with Crippen molar-refractivity contribution in [3.63, 3.8) is 0 Å². The van der Waals surface area contributed by atoms with Gasteiger partial charge in [-0.3, -0.25) is 4.79 Å². The highest BCUT2D eigenvalue weighted by atomic mass is 35.5.